The number of aryl methyl sites for hydroxylation is 1. The molecule has 0 bridgehead atoms. The molecule has 0 aliphatic rings. The summed E-state index contributed by atoms with van der Waals surface area (Å²) in [7, 11) is 1.84. The van der Waals surface area contributed by atoms with Gasteiger partial charge in [-0.2, -0.15) is 5.10 Å². The van der Waals surface area contributed by atoms with Gasteiger partial charge in [-0.3, -0.25) is 14.6 Å². The average Bonchev–Trinajstić information content (AvgIpc) is 2.90. The summed E-state index contributed by atoms with van der Waals surface area (Å²) in [5.74, 6) is -0.950. The first-order valence-electron chi connectivity index (χ1n) is 6.74. The minimum atomic E-state index is -0.950. The fourth-order valence-electron chi connectivity index (χ4n) is 2.31. The summed E-state index contributed by atoms with van der Waals surface area (Å²) >= 11 is 0. The number of carboxylic acids is 1. The third-order valence-electron chi connectivity index (χ3n) is 3.46. The molecule has 3 heterocycles. The van der Waals surface area contributed by atoms with Gasteiger partial charge in [0.25, 0.3) is 0 Å². The molecule has 0 saturated heterocycles. The predicted octanol–water partition coefficient (Wildman–Crippen LogP) is 2.17. The van der Waals surface area contributed by atoms with Gasteiger partial charge in [-0.15, -0.1) is 0 Å². The quantitative estimate of drug-likeness (QED) is 0.797. The second-order valence-corrected chi connectivity index (χ2v) is 4.90. The summed E-state index contributed by atoms with van der Waals surface area (Å²) in [5, 5.41) is 13.7. The molecular formula is C16H14N4O2. The Balaban J connectivity index is 1.94. The van der Waals surface area contributed by atoms with Crippen molar-refractivity contribution < 1.29 is 9.90 Å². The van der Waals surface area contributed by atoms with Crippen molar-refractivity contribution in [3.05, 3.63) is 65.9 Å². The molecule has 0 aliphatic carbocycles. The van der Waals surface area contributed by atoms with Gasteiger partial charge in [0.15, 0.2) is 0 Å². The van der Waals surface area contributed by atoms with Gasteiger partial charge in [0.05, 0.1) is 11.3 Å². The van der Waals surface area contributed by atoms with Crippen molar-refractivity contribution in [2.75, 3.05) is 0 Å². The van der Waals surface area contributed by atoms with Gasteiger partial charge in [0.2, 0.25) is 0 Å². The van der Waals surface area contributed by atoms with E-state index in [0.717, 1.165) is 17.0 Å². The van der Waals surface area contributed by atoms with Crippen molar-refractivity contribution in [2.45, 2.75) is 6.42 Å². The highest BCUT2D eigenvalue weighted by Gasteiger charge is 2.13. The van der Waals surface area contributed by atoms with Crippen LogP contribution in [0.1, 0.15) is 21.6 Å². The van der Waals surface area contributed by atoms with Crippen molar-refractivity contribution >= 4 is 5.97 Å². The highest BCUT2D eigenvalue weighted by molar-refractivity contribution is 5.89. The Kier molecular flexibility index (Phi) is 3.65. The number of hydrogen-bond acceptors (Lipinski definition) is 4. The number of aromatic nitrogens is 4. The second-order valence-electron chi connectivity index (χ2n) is 4.90. The maximum atomic E-state index is 11.3. The summed E-state index contributed by atoms with van der Waals surface area (Å²) in [6.07, 6.45) is 6.96. The Morgan fingerprint density at radius 2 is 1.91 bits per heavy atom. The molecule has 0 radical (unpaired) electrons. The van der Waals surface area contributed by atoms with Gasteiger partial charge in [-0.1, -0.05) is 0 Å². The van der Waals surface area contributed by atoms with Crippen LogP contribution in [0.4, 0.5) is 0 Å². The summed E-state index contributed by atoms with van der Waals surface area (Å²) < 4.78 is 1.76. The molecule has 110 valence electrons. The number of pyridine rings is 2. The normalized spacial score (nSPS) is 10.6. The number of rotatable bonds is 4. The molecule has 0 unspecified atom stereocenters. The second kappa shape index (κ2) is 5.77. The molecule has 0 aliphatic heterocycles. The summed E-state index contributed by atoms with van der Waals surface area (Å²) in [5.41, 5.74) is 3.66. The number of carboxylic acid groups (broad SMARTS) is 1. The lowest BCUT2D eigenvalue weighted by Crippen LogP contribution is -2.06. The zero-order valence-electron chi connectivity index (χ0n) is 12.0. The smallest absolute Gasteiger partial charge is 0.336 e. The fraction of sp³-hybridized carbons (Fsp3) is 0.125. The van der Waals surface area contributed by atoms with Crippen LogP contribution in [-0.4, -0.2) is 30.8 Å². The van der Waals surface area contributed by atoms with E-state index in [1.54, 1.807) is 23.3 Å². The zero-order chi connectivity index (χ0) is 15.5. The summed E-state index contributed by atoms with van der Waals surface area (Å²) in [6.45, 7) is 0. The van der Waals surface area contributed by atoms with Gasteiger partial charge >= 0.3 is 5.97 Å². The first-order valence-corrected chi connectivity index (χ1v) is 6.74. The lowest BCUT2D eigenvalue weighted by atomic mass is 10.1. The van der Waals surface area contributed by atoms with Crippen molar-refractivity contribution in [1.29, 1.82) is 0 Å². The molecule has 6 heteroatoms. The van der Waals surface area contributed by atoms with E-state index in [1.165, 1.54) is 12.3 Å². The van der Waals surface area contributed by atoms with Crippen LogP contribution in [0.5, 0.6) is 0 Å². The van der Waals surface area contributed by atoms with Crippen LogP contribution >= 0.6 is 0 Å². The fourth-order valence-corrected chi connectivity index (χ4v) is 2.31. The minimum Gasteiger partial charge on any atom is -0.478 e. The standard InChI is InChI=1S/C16H14N4O2/c1-20-13(8-12-10-18-7-4-14(12)16(21)22)9-15(19-20)11-2-5-17-6-3-11/h2-7,9-10H,8H2,1H3,(H,21,22). The molecule has 6 nitrogen and oxygen atoms in total. The monoisotopic (exact) mass is 294 g/mol. The van der Waals surface area contributed by atoms with Crippen molar-refractivity contribution in [3.63, 3.8) is 0 Å². The Hall–Kier alpha value is -3.02. The topological polar surface area (TPSA) is 80.9 Å². The first-order chi connectivity index (χ1) is 10.6. The van der Waals surface area contributed by atoms with Gasteiger partial charge in [-0.05, 0) is 29.8 Å². The van der Waals surface area contributed by atoms with Crippen LogP contribution in [0.15, 0.2) is 49.1 Å². The lowest BCUT2D eigenvalue weighted by Gasteiger charge is -2.05. The van der Waals surface area contributed by atoms with E-state index in [1.807, 2.05) is 25.2 Å². The maximum absolute atomic E-state index is 11.3. The molecule has 0 amide bonds. The van der Waals surface area contributed by atoms with E-state index < -0.39 is 5.97 Å². The van der Waals surface area contributed by atoms with Crippen LogP contribution in [0, 0.1) is 0 Å². The zero-order valence-corrected chi connectivity index (χ0v) is 12.0. The van der Waals surface area contributed by atoms with Crippen molar-refractivity contribution in [3.8, 4) is 11.3 Å². The average molecular weight is 294 g/mol. The van der Waals surface area contributed by atoms with E-state index in [4.69, 9.17) is 0 Å². The van der Waals surface area contributed by atoms with Crippen LogP contribution in [0.25, 0.3) is 11.3 Å². The Morgan fingerprint density at radius 1 is 1.18 bits per heavy atom. The van der Waals surface area contributed by atoms with Crippen LogP contribution in [0.3, 0.4) is 0 Å². The SMILES string of the molecule is Cn1nc(-c2ccncc2)cc1Cc1cnccc1C(=O)O. The van der Waals surface area contributed by atoms with Crippen LogP contribution in [0.2, 0.25) is 0 Å². The largest absolute Gasteiger partial charge is 0.478 e. The Labute approximate surface area is 127 Å². The molecule has 22 heavy (non-hydrogen) atoms. The van der Waals surface area contributed by atoms with Crippen LogP contribution in [-0.2, 0) is 13.5 Å². The van der Waals surface area contributed by atoms with E-state index >= 15 is 0 Å². The predicted molar refractivity (Wildman–Crippen MR) is 80.4 cm³/mol. The maximum Gasteiger partial charge on any atom is 0.336 e. The Morgan fingerprint density at radius 3 is 2.64 bits per heavy atom. The van der Waals surface area contributed by atoms with Gasteiger partial charge in [0, 0.05) is 49.5 Å². The van der Waals surface area contributed by atoms with Crippen molar-refractivity contribution in [1.82, 2.24) is 19.7 Å². The first kappa shape index (κ1) is 13.9. The molecular weight excluding hydrogens is 280 g/mol. The van der Waals surface area contributed by atoms with E-state index in [9.17, 15) is 9.90 Å². The summed E-state index contributed by atoms with van der Waals surface area (Å²) in [6, 6.07) is 7.24. The van der Waals surface area contributed by atoms with Crippen molar-refractivity contribution in [2.24, 2.45) is 7.05 Å². The highest BCUT2D eigenvalue weighted by Crippen LogP contribution is 2.20. The van der Waals surface area contributed by atoms with Gasteiger partial charge < -0.3 is 5.11 Å². The molecule has 3 aromatic rings. The van der Waals surface area contributed by atoms with E-state index in [-0.39, 0.29) is 5.56 Å². The molecule has 0 atom stereocenters. The van der Waals surface area contributed by atoms with Gasteiger partial charge in [-0.25, -0.2) is 4.79 Å². The number of aromatic carboxylic acids is 1. The lowest BCUT2D eigenvalue weighted by molar-refractivity contribution is 0.0695. The minimum absolute atomic E-state index is 0.265. The molecule has 3 rings (SSSR count). The molecule has 0 spiro atoms. The number of nitrogens with zero attached hydrogens (tertiary/aromatic N) is 4. The third-order valence-corrected chi connectivity index (χ3v) is 3.46. The molecule has 0 saturated carbocycles. The highest BCUT2D eigenvalue weighted by atomic mass is 16.4. The number of hydrogen-bond donors (Lipinski definition) is 1. The number of carbonyl (C=O) groups is 1. The van der Waals surface area contributed by atoms with E-state index in [2.05, 4.69) is 15.1 Å². The van der Waals surface area contributed by atoms with Crippen LogP contribution < -0.4 is 0 Å². The summed E-state index contributed by atoms with van der Waals surface area (Å²) in [4.78, 5) is 19.3. The molecule has 1 N–H and O–H groups in total. The molecule has 0 fully saturated rings. The Bertz CT molecular complexity index is 812. The van der Waals surface area contributed by atoms with E-state index in [0.29, 0.717) is 12.0 Å². The molecule has 0 aromatic carbocycles. The van der Waals surface area contributed by atoms with Gasteiger partial charge in [0.1, 0.15) is 0 Å². The molecule has 3 aromatic heterocycles. The third kappa shape index (κ3) is 2.71.